The van der Waals surface area contributed by atoms with Gasteiger partial charge in [0.2, 0.25) is 5.91 Å². The molecular weight excluding hydrogens is 256 g/mol. The summed E-state index contributed by atoms with van der Waals surface area (Å²) in [7, 11) is 0. The van der Waals surface area contributed by atoms with Crippen molar-refractivity contribution in [3.05, 3.63) is 24.2 Å². The Morgan fingerprint density at radius 1 is 1.50 bits per heavy atom. The molecule has 0 radical (unpaired) electrons. The Morgan fingerprint density at radius 2 is 2.30 bits per heavy atom. The lowest BCUT2D eigenvalue weighted by Crippen LogP contribution is -2.44. The quantitative estimate of drug-likeness (QED) is 0.703. The third-order valence-electron chi connectivity index (χ3n) is 4.15. The molecule has 3 unspecified atom stereocenters. The van der Waals surface area contributed by atoms with Crippen LogP contribution in [-0.2, 0) is 11.3 Å². The second-order valence-corrected chi connectivity index (χ2v) is 5.56. The lowest BCUT2D eigenvalue weighted by atomic mass is 9.97. The van der Waals surface area contributed by atoms with E-state index in [4.69, 9.17) is 4.42 Å². The highest BCUT2D eigenvalue weighted by Crippen LogP contribution is 2.30. The van der Waals surface area contributed by atoms with Gasteiger partial charge in [0.15, 0.2) is 0 Å². The van der Waals surface area contributed by atoms with Crippen LogP contribution < -0.4 is 10.6 Å². The molecule has 0 spiro atoms. The van der Waals surface area contributed by atoms with Gasteiger partial charge >= 0.3 is 0 Å². The summed E-state index contributed by atoms with van der Waals surface area (Å²) in [6, 6.07) is 3.41. The van der Waals surface area contributed by atoms with E-state index in [9.17, 15) is 9.90 Å². The maximum absolute atomic E-state index is 11.9. The Labute approximate surface area is 119 Å². The molecule has 3 atom stereocenters. The molecule has 1 saturated carbocycles. The van der Waals surface area contributed by atoms with Crippen LogP contribution >= 0.6 is 0 Å². The fraction of sp³-hybridized carbons (Fsp3) is 0.667. The zero-order valence-corrected chi connectivity index (χ0v) is 12.0. The van der Waals surface area contributed by atoms with Crippen LogP contribution in [0.4, 0.5) is 0 Å². The first-order valence-corrected chi connectivity index (χ1v) is 7.35. The van der Waals surface area contributed by atoms with Crippen molar-refractivity contribution in [3.63, 3.8) is 0 Å². The molecule has 20 heavy (non-hydrogen) atoms. The van der Waals surface area contributed by atoms with Gasteiger partial charge in [-0.2, -0.15) is 0 Å². The summed E-state index contributed by atoms with van der Waals surface area (Å²) in [5, 5.41) is 15.4. The molecule has 2 rings (SSSR count). The Balaban J connectivity index is 1.68. The number of rotatable bonds is 7. The highest BCUT2D eigenvalue weighted by molar-refractivity contribution is 5.81. The topological polar surface area (TPSA) is 74.5 Å². The van der Waals surface area contributed by atoms with Gasteiger partial charge in [-0.15, -0.1) is 0 Å². The lowest BCUT2D eigenvalue weighted by molar-refractivity contribution is -0.123. The summed E-state index contributed by atoms with van der Waals surface area (Å²) in [5.74, 6) is 1.60. The van der Waals surface area contributed by atoms with Gasteiger partial charge in [0.05, 0.1) is 18.8 Å². The predicted octanol–water partition coefficient (Wildman–Crippen LogP) is 1.28. The van der Waals surface area contributed by atoms with Gasteiger partial charge in [-0.3, -0.25) is 4.79 Å². The molecule has 1 aromatic heterocycles. The molecule has 112 valence electrons. The third-order valence-corrected chi connectivity index (χ3v) is 4.15. The van der Waals surface area contributed by atoms with Crippen LogP contribution in [0.5, 0.6) is 0 Å². The SMILES string of the molecule is CC(NCC1CCCC1CO)C(=O)NCc1ccco1. The van der Waals surface area contributed by atoms with E-state index in [1.165, 1.54) is 6.42 Å². The molecule has 1 aliphatic carbocycles. The molecule has 0 saturated heterocycles. The maximum Gasteiger partial charge on any atom is 0.237 e. The van der Waals surface area contributed by atoms with Crippen LogP contribution in [0.25, 0.3) is 0 Å². The average Bonchev–Trinajstić information content (AvgIpc) is 3.12. The van der Waals surface area contributed by atoms with Crippen LogP contribution in [0.2, 0.25) is 0 Å². The van der Waals surface area contributed by atoms with Crippen LogP contribution in [0.1, 0.15) is 31.9 Å². The molecule has 5 nitrogen and oxygen atoms in total. The van der Waals surface area contributed by atoms with Gasteiger partial charge in [0.25, 0.3) is 0 Å². The number of amides is 1. The molecule has 3 N–H and O–H groups in total. The maximum atomic E-state index is 11.9. The summed E-state index contributed by atoms with van der Waals surface area (Å²) < 4.78 is 5.17. The first-order chi connectivity index (χ1) is 9.70. The van der Waals surface area contributed by atoms with Crippen molar-refractivity contribution < 1.29 is 14.3 Å². The molecule has 5 heteroatoms. The van der Waals surface area contributed by atoms with E-state index in [0.717, 1.165) is 25.1 Å². The zero-order valence-electron chi connectivity index (χ0n) is 12.0. The Bertz CT molecular complexity index is 405. The highest BCUT2D eigenvalue weighted by atomic mass is 16.3. The van der Waals surface area contributed by atoms with E-state index >= 15 is 0 Å². The van der Waals surface area contributed by atoms with Gasteiger partial charge in [0.1, 0.15) is 5.76 Å². The average molecular weight is 280 g/mol. The van der Waals surface area contributed by atoms with E-state index in [1.54, 1.807) is 12.3 Å². The number of aliphatic hydroxyl groups excluding tert-OH is 1. The van der Waals surface area contributed by atoms with E-state index in [0.29, 0.717) is 18.4 Å². The summed E-state index contributed by atoms with van der Waals surface area (Å²) in [5.41, 5.74) is 0. The smallest absolute Gasteiger partial charge is 0.237 e. The van der Waals surface area contributed by atoms with Gasteiger partial charge < -0.3 is 20.2 Å². The van der Waals surface area contributed by atoms with Gasteiger partial charge in [0, 0.05) is 6.61 Å². The number of nitrogens with one attached hydrogen (secondary N) is 2. The Kier molecular flexibility index (Phi) is 5.61. The standard InChI is InChI=1S/C15H24N2O3/c1-11(15(19)17-9-14-6-3-7-20-14)16-8-12-4-2-5-13(12)10-18/h3,6-7,11-13,16,18H,2,4-5,8-10H2,1H3,(H,17,19). The lowest BCUT2D eigenvalue weighted by Gasteiger charge is -2.20. The van der Waals surface area contributed by atoms with Crippen molar-refractivity contribution >= 4 is 5.91 Å². The summed E-state index contributed by atoms with van der Waals surface area (Å²) in [4.78, 5) is 11.9. The van der Waals surface area contributed by atoms with Crippen molar-refractivity contribution in [2.75, 3.05) is 13.2 Å². The van der Waals surface area contributed by atoms with Gasteiger partial charge in [-0.1, -0.05) is 6.42 Å². The Hall–Kier alpha value is -1.33. The van der Waals surface area contributed by atoms with Crippen molar-refractivity contribution in [2.45, 2.75) is 38.8 Å². The number of hydrogen-bond acceptors (Lipinski definition) is 4. The molecule has 1 aliphatic rings. The predicted molar refractivity (Wildman–Crippen MR) is 75.9 cm³/mol. The van der Waals surface area contributed by atoms with E-state index < -0.39 is 0 Å². The van der Waals surface area contributed by atoms with Gasteiger partial charge in [-0.25, -0.2) is 0 Å². The van der Waals surface area contributed by atoms with Crippen LogP contribution in [0.3, 0.4) is 0 Å². The summed E-state index contributed by atoms with van der Waals surface area (Å²) in [6.07, 6.45) is 5.01. The molecule has 1 heterocycles. The molecule has 1 fully saturated rings. The van der Waals surface area contributed by atoms with Crippen molar-refractivity contribution in [2.24, 2.45) is 11.8 Å². The Morgan fingerprint density at radius 3 is 3.00 bits per heavy atom. The minimum atomic E-state index is -0.232. The van der Waals surface area contributed by atoms with E-state index in [1.807, 2.05) is 13.0 Å². The molecule has 0 aromatic carbocycles. The minimum absolute atomic E-state index is 0.0278. The molecule has 0 aliphatic heterocycles. The molecule has 1 aromatic rings. The number of carbonyl (C=O) groups excluding carboxylic acids is 1. The van der Waals surface area contributed by atoms with Crippen molar-refractivity contribution in [3.8, 4) is 0 Å². The second-order valence-electron chi connectivity index (χ2n) is 5.56. The first kappa shape index (κ1) is 15.1. The monoisotopic (exact) mass is 280 g/mol. The number of furan rings is 1. The second kappa shape index (κ2) is 7.45. The van der Waals surface area contributed by atoms with Gasteiger partial charge in [-0.05, 0) is 50.3 Å². The fourth-order valence-corrected chi connectivity index (χ4v) is 2.78. The number of aliphatic hydroxyl groups is 1. The van der Waals surface area contributed by atoms with Crippen LogP contribution in [0.15, 0.2) is 22.8 Å². The largest absolute Gasteiger partial charge is 0.467 e. The summed E-state index contributed by atoms with van der Waals surface area (Å²) >= 11 is 0. The number of hydrogen-bond donors (Lipinski definition) is 3. The highest BCUT2D eigenvalue weighted by Gasteiger charge is 2.27. The molecular formula is C15H24N2O3. The van der Waals surface area contributed by atoms with Crippen LogP contribution in [-0.4, -0.2) is 30.2 Å². The first-order valence-electron chi connectivity index (χ1n) is 7.35. The normalized spacial score (nSPS) is 23.7. The molecule has 1 amide bonds. The van der Waals surface area contributed by atoms with E-state index in [2.05, 4.69) is 10.6 Å². The number of carbonyl (C=O) groups is 1. The van der Waals surface area contributed by atoms with E-state index in [-0.39, 0.29) is 18.6 Å². The summed E-state index contributed by atoms with van der Waals surface area (Å²) in [6.45, 7) is 3.33. The van der Waals surface area contributed by atoms with Crippen molar-refractivity contribution in [1.29, 1.82) is 0 Å². The zero-order chi connectivity index (χ0) is 14.4. The minimum Gasteiger partial charge on any atom is -0.467 e. The van der Waals surface area contributed by atoms with Crippen LogP contribution in [0, 0.1) is 11.8 Å². The molecule has 0 bridgehead atoms. The van der Waals surface area contributed by atoms with Crippen molar-refractivity contribution in [1.82, 2.24) is 10.6 Å². The third kappa shape index (κ3) is 4.08. The fourth-order valence-electron chi connectivity index (χ4n) is 2.78.